The molecule has 0 aliphatic heterocycles. The zero-order valence-corrected chi connectivity index (χ0v) is 6.94. The molecule has 4 nitrogen and oxygen atoms in total. The number of benzene rings is 1. The van der Waals surface area contributed by atoms with Crippen molar-refractivity contribution >= 4 is 11.9 Å². The molecule has 0 spiro atoms. The first-order valence-electron chi connectivity index (χ1n) is 3.14. The van der Waals surface area contributed by atoms with Crippen molar-refractivity contribution in [1.29, 1.82) is 0 Å². The Morgan fingerprint density at radius 3 is 1.54 bits per heavy atom. The molecule has 1 rings (SSSR count). The molecule has 0 saturated carbocycles. The minimum Gasteiger partial charge on any atom is -0.545 e. The average molecular weight is 172 g/mol. The molecule has 1 aromatic rings. The zero-order chi connectivity index (χ0) is 9.14. The Bertz CT molecular complexity index is 307. The van der Waals surface area contributed by atoms with Crippen LogP contribution in [0.2, 0.25) is 0 Å². The maximum Gasteiger partial charge on any atom is 1.00 e. The molecule has 0 unspecified atom stereocenters. The minimum atomic E-state index is -1.52. The van der Waals surface area contributed by atoms with Crippen LogP contribution < -0.4 is 29.1 Å². The van der Waals surface area contributed by atoms with Gasteiger partial charge in [0.15, 0.2) is 0 Å². The molecule has 0 aliphatic carbocycles. The first-order valence-corrected chi connectivity index (χ1v) is 3.14. The van der Waals surface area contributed by atoms with Gasteiger partial charge in [0.2, 0.25) is 0 Å². The number of hydrogen-bond acceptors (Lipinski definition) is 4. The van der Waals surface area contributed by atoms with E-state index in [2.05, 4.69) is 0 Å². The van der Waals surface area contributed by atoms with Crippen molar-refractivity contribution in [3.05, 3.63) is 35.4 Å². The SMILES string of the molecule is O=C([O-])c1ccccc1C(=O)[O-].[H+].[Li+]. The van der Waals surface area contributed by atoms with Gasteiger partial charge in [-0.15, -0.1) is 0 Å². The summed E-state index contributed by atoms with van der Waals surface area (Å²) in [5, 5.41) is 20.6. The number of carboxylic acid groups (broad SMARTS) is 2. The van der Waals surface area contributed by atoms with Gasteiger partial charge < -0.3 is 19.8 Å². The second kappa shape index (κ2) is 4.70. The maximum atomic E-state index is 10.3. The summed E-state index contributed by atoms with van der Waals surface area (Å²) in [5.74, 6) is -3.04. The van der Waals surface area contributed by atoms with Crippen LogP contribution in [0.15, 0.2) is 24.3 Å². The van der Waals surface area contributed by atoms with Gasteiger partial charge in [-0.2, -0.15) is 0 Å². The van der Waals surface area contributed by atoms with E-state index in [0.717, 1.165) is 12.1 Å². The van der Waals surface area contributed by atoms with Crippen molar-refractivity contribution in [3.63, 3.8) is 0 Å². The minimum absolute atomic E-state index is 0. The van der Waals surface area contributed by atoms with Gasteiger partial charge in [-0.3, -0.25) is 0 Å². The number of carboxylic acids is 2. The van der Waals surface area contributed by atoms with E-state index in [4.69, 9.17) is 0 Å². The average Bonchev–Trinajstić information content (AvgIpc) is 2.04. The van der Waals surface area contributed by atoms with Crippen molar-refractivity contribution < 1.29 is 40.1 Å². The Morgan fingerprint density at radius 2 is 1.31 bits per heavy atom. The number of aromatic carboxylic acids is 2. The van der Waals surface area contributed by atoms with E-state index in [1.54, 1.807) is 0 Å². The van der Waals surface area contributed by atoms with Crippen LogP contribution in [-0.4, -0.2) is 11.9 Å². The van der Waals surface area contributed by atoms with E-state index in [1.165, 1.54) is 12.1 Å². The summed E-state index contributed by atoms with van der Waals surface area (Å²) in [4.78, 5) is 20.6. The van der Waals surface area contributed by atoms with E-state index in [-0.39, 0.29) is 31.4 Å². The fraction of sp³-hybridized carbons (Fsp3) is 0. The third kappa shape index (κ3) is 2.62. The smallest absolute Gasteiger partial charge is 0.545 e. The summed E-state index contributed by atoms with van der Waals surface area (Å²) in [7, 11) is 0. The first-order chi connectivity index (χ1) is 5.63. The molecule has 0 N–H and O–H groups in total. The molecule has 0 bridgehead atoms. The van der Waals surface area contributed by atoms with Crippen LogP contribution in [0.5, 0.6) is 0 Å². The van der Waals surface area contributed by atoms with Crippen LogP contribution >= 0.6 is 0 Å². The van der Waals surface area contributed by atoms with Crippen LogP contribution in [0.1, 0.15) is 22.1 Å². The Hall–Kier alpha value is -1.24. The molecular weight excluding hydrogens is 167 g/mol. The molecular formula is C8H5LiO4. The van der Waals surface area contributed by atoms with Crippen LogP contribution in [0.3, 0.4) is 0 Å². The summed E-state index contributed by atoms with van der Waals surface area (Å²) in [6.45, 7) is 0. The van der Waals surface area contributed by atoms with Gasteiger partial charge in [-0.1, -0.05) is 24.3 Å². The number of hydrogen-bond donors (Lipinski definition) is 0. The molecule has 0 heterocycles. The molecule has 0 radical (unpaired) electrons. The number of carbonyl (C=O) groups excluding carboxylic acids is 2. The maximum absolute atomic E-state index is 10.3. The summed E-state index contributed by atoms with van der Waals surface area (Å²) >= 11 is 0. The van der Waals surface area contributed by atoms with E-state index < -0.39 is 11.9 Å². The van der Waals surface area contributed by atoms with Gasteiger partial charge in [0.25, 0.3) is 0 Å². The van der Waals surface area contributed by atoms with Gasteiger partial charge >= 0.3 is 20.3 Å². The number of carbonyl (C=O) groups is 2. The standard InChI is InChI=1S/C8H6O4.Li/c9-7(10)5-3-1-2-4-6(5)8(11)12;/h1-4H,(H,9,10)(H,11,12);/q;+1/p-1. The van der Waals surface area contributed by atoms with Crippen LogP contribution in [0.25, 0.3) is 0 Å². The Labute approximate surface area is 87.9 Å². The third-order valence-corrected chi connectivity index (χ3v) is 1.37. The fourth-order valence-corrected chi connectivity index (χ4v) is 0.839. The Morgan fingerprint density at radius 1 is 1.00 bits per heavy atom. The van der Waals surface area contributed by atoms with Crippen molar-refractivity contribution in [2.45, 2.75) is 0 Å². The predicted molar refractivity (Wildman–Crippen MR) is 36.2 cm³/mol. The van der Waals surface area contributed by atoms with E-state index in [1.807, 2.05) is 0 Å². The second-order valence-corrected chi connectivity index (χ2v) is 2.12. The molecule has 13 heavy (non-hydrogen) atoms. The van der Waals surface area contributed by atoms with Crippen LogP contribution in [0.4, 0.5) is 0 Å². The molecule has 0 aliphatic rings. The topological polar surface area (TPSA) is 80.3 Å². The van der Waals surface area contributed by atoms with Crippen molar-refractivity contribution in [1.82, 2.24) is 0 Å². The predicted octanol–water partition coefficient (Wildman–Crippen LogP) is -4.47. The van der Waals surface area contributed by atoms with Gasteiger partial charge in [0.05, 0.1) is 11.9 Å². The van der Waals surface area contributed by atoms with Gasteiger partial charge in [-0.05, 0) is 0 Å². The fourth-order valence-electron chi connectivity index (χ4n) is 0.839. The van der Waals surface area contributed by atoms with E-state index >= 15 is 0 Å². The Kier molecular flexibility index (Phi) is 4.25. The van der Waals surface area contributed by atoms with Gasteiger partial charge in [-0.25, -0.2) is 0 Å². The third-order valence-electron chi connectivity index (χ3n) is 1.37. The summed E-state index contributed by atoms with van der Waals surface area (Å²) in [5.41, 5.74) is -0.727. The monoisotopic (exact) mass is 172 g/mol. The van der Waals surface area contributed by atoms with Crippen molar-refractivity contribution in [3.8, 4) is 0 Å². The van der Waals surface area contributed by atoms with Gasteiger partial charge in [0, 0.05) is 11.1 Å². The van der Waals surface area contributed by atoms with E-state index in [0.29, 0.717) is 0 Å². The molecule has 0 aromatic heterocycles. The summed E-state index contributed by atoms with van der Waals surface area (Å²) in [6, 6.07) is 5.14. The number of rotatable bonds is 2. The second-order valence-electron chi connectivity index (χ2n) is 2.12. The molecule has 62 valence electrons. The van der Waals surface area contributed by atoms with Crippen molar-refractivity contribution in [2.24, 2.45) is 0 Å². The van der Waals surface area contributed by atoms with Gasteiger partial charge in [0.1, 0.15) is 0 Å². The Balaban J connectivity index is 0. The first kappa shape index (κ1) is 11.8. The molecule has 5 heteroatoms. The largest absolute Gasteiger partial charge is 1.00 e. The van der Waals surface area contributed by atoms with Crippen LogP contribution in [-0.2, 0) is 0 Å². The quantitative estimate of drug-likeness (QED) is 0.421. The zero-order valence-electron chi connectivity index (χ0n) is 7.94. The molecule has 0 fully saturated rings. The van der Waals surface area contributed by atoms with Crippen LogP contribution in [0, 0.1) is 0 Å². The summed E-state index contributed by atoms with van der Waals surface area (Å²) in [6.07, 6.45) is 0. The summed E-state index contributed by atoms with van der Waals surface area (Å²) < 4.78 is 0. The molecule has 0 saturated heterocycles. The molecule has 0 atom stereocenters. The van der Waals surface area contributed by atoms with E-state index in [9.17, 15) is 19.8 Å². The molecule has 0 amide bonds. The van der Waals surface area contributed by atoms with Crippen molar-refractivity contribution in [2.75, 3.05) is 0 Å². The normalized spacial score (nSPS) is 8.62. The molecule has 1 aromatic carbocycles.